The van der Waals surface area contributed by atoms with Gasteiger partial charge in [0.05, 0.1) is 5.02 Å². The predicted molar refractivity (Wildman–Crippen MR) is 63.8 cm³/mol. The highest BCUT2D eigenvalue weighted by molar-refractivity contribution is 6.31. The van der Waals surface area contributed by atoms with Crippen molar-refractivity contribution >= 4 is 11.6 Å². The molecule has 0 aromatic heterocycles. The first kappa shape index (κ1) is 11.7. The summed E-state index contributed by atoms with van der Waals surface area (Å²) < 4.78 is 18.2. The van der Waals surface area contributed by atoms with E-state index in [0.717, 1.165) is 0 Å². The third-order valence-corrected chi connectivity index (χ3v) is 2.58. The molecule has 0 bridgehead atoms. The highest BCUT2D eigenvalue weighted by Crippen LogP contribution is 2.22. The van der Waals surface area contributed by atoms with Crippen molar-refractivity contribution in [2.75, 3.05) is 0 Å². The van der Waals surface area contributed by atoms with Gasteiger partial charge in [-0.25, -0.2) is 4.39 Å². The number of phenolic OH excluding ortho intramolecular Hbond substituents is 1. The van der Waals surface area contributed by atoms with Gasteiger partial charge in [0.15, 0.2) is 0 Å². The summed E-state index contributed by atoms with van der Waals surface area (Å²) in [5.41, 5.74) is 0.691. The average molecular weight is 253 g/mol. The fourth-order valence-corrected chi connectivity index (χ4v) is 1.59. The molecule has 2 aromatic rings. The Balaban J connectivity index is 2.07. The summed E-state index contributed by atoms with van der Waals surface area (Å²) >= 11 is 5.86. The van der Waals surface area contributed by atoms with Crippen LogP contribution in [0.15, 0.2) is 42.5 Å². The van der Waals surface area contributed by atoms with Crippen LogP contribution in [-0.2, 0) is 6.61 Å². The maximum atomic E-state index is 12.8. The molecule has 88 valence electrons. The van der Waals surface area contributed by atoms with E-state index in [0.29, 0.717) is 16.3 Å². The van der Waals surface area contributed by atoms with Crippen molar-refractivity contribution in [2.45, 2.75) is 6.61 Å². The maximum Gasteiger partial charge on any atom is 0.124 e. The molecule has 0 saturated carbocycles. The fourth-order valence-electron chi connectivity index (χ4n) is 1.37. The number of aromatic hydroxyl groups is 1. The standard InChI is InChI=1S/C13H10ClFO2/c14-13-6-10(15)5-4-9(13)8-17-12-3-1-2-11(16)7-12/h1-7,16H,8H2. The Labute approximate surface area is 103 Å². The summed E-state index contributed by atoms with van der Waals surface area (Å²) in [5.74, 6) is 0.286. The zero-order valence-electron chi connectivity index (χ0n) is 8.86. The highest BCUT2D eigenvalue weighted by atomic mass is 35.5. The molecule has 2 aromatic carbocycles. The van der Waals surface area contributed by atoms with Gasteiger partial charge in [0.1, 0.15) is 23.9 Å². The van der Waals surface area contributed by atoms with Crippen LogP contribution in [0.2, 0.25) is 5.02 Å². The SMILES string of the molecule is Oc1cccc(OCc2ccc(F)cc2Cl)c1. The molecule has 0 aliphatic carbocycles. The number of halogens is 2. The highest BCUT2D eigenvalue weighted by Gasteiger charge is 2.03. The molecule has 2 rings (SSSR count). The first-order valence-corrected chi connectivity index (χ1v) is 5.39. The summed E-state index contributed by atoms with van der Waals surface area (Å²) in [5, 5.41) is 9.57. The van der Waals surface area contributed by atoms with Crippen LogP contribution >= 0.6 is 11.6 Å². The number of rotatable bonds is 3. The van der Waals surface area contributed by atoms with E-state index in [1.807, 2.05) is 0 Å². The van der Waals surface area contributed by atoms with Crippen molar-refractivity contribution in [2.24, 2.45) is 0 Å². The van der Waals surface area contributed by atoms with Gasteiger partial charge in [0, 0.05) is 11.6 Å². The van der Waals surface area contributed by atoms with E-state index in [2.05, 4.69) is 0 Å². The lowest BCUT2D eigenvalue weighted by molar-refractivity contribution is 0.304. The number of hydrogen-bond acceptors (Lipinski definition) is 2. The van der Waals surface area contributed by atoms with E-state index in [9.17, 15) is 9.50 Å². The van der Waals surface area contributed by atoms with Crippen LogP contribution in [0.1, 0.15) is 5.56 Å². The Hall–Kier alpha value is -1.74. The Morgan fingerprint density at radius 1 is 1.18 bits per heavy atom. The smallest absolute Gasteiger partial charge is 0.124 e. The molecular formula is C13H10ClFO2. The zero-order chi connectivity index (χ0) is 12.3. The van der Waals surface area contributed by atoms with E-state index in [-0.39, 0.29) is 18.2 Å². The molecule has 0 heterocycles. The van der Waals surface area contributed by atoms with Crippen LogP contribution < -0.4 is 4.74 Å². The van der Waals surface area contributed by atoms with Gasteiger partial charge >= 0.3 is 0 Å². The zero-order valence-corrected chi connectivity index (χ0v) is 9.62. The van der Waals surface area contributed by atoms with E-state index < -0.39 is 0 Å². The second-order valence-electron chi connectivity index (χ2n) is 3.52. The lowest BCUT2D eigenvalue weighted by atomic mass is 10.2. The number of benzene rings is 2. The number of hydrogen-bond donors (Lipinski definition) is 1. The third-order valence-electron chi connectivity index (χ3n) is 2.23. The summed E-state index contributed by atoms with van der Waals surface area (Å²) in [7, 11) is 0. The molecule has 0 radical (unpaired) electrons. The van der Waals surface area contributed by atoms with Crippen molar-refractivity contribution in [3.05, 3.63) is 58.9 Å². The number of ether oxygens (including phenoxy) is 1. The minimum Gasteiger partial charge on any atom is -0.508 e. The monoisotopic (exact) mass is 252 g/mol. The maximum absolute atomic E-state index is 12.8. The van der Waals surface area contributed by atoms with Crippen molar-refractivity contribution in [1.82, 2.24) is 0 Å². The summed E-state index contributed by atoms with van der Waals surface area (Å²) in [6.45, 7) is 0.225. The second kappa shape index (κ2) is 5.06. The molecule has 0 aliphatic heterocycles. The minimum atomic E-state index is -0.379. The quantitative estimate of drug-likeness (QED) is 0.901. The largest absolute Gasteiger partial charge is 0.508 e. The van der Waals surface area contributed by atoms with Crippen molar-refractivity contribution < 1.29 is 14.2 Å². The Morgan fingerprint density at radius 3 is 2.71 bits per heavy atom. The second-order valence-corrected chi connectivity index (χ2v) is 3.93. The van der Waals surface area contributed by atoms with Gasteiger partial charge in [-0.15, -0.1) is 0 Å². The summed E-state index contributed by atoms with van der Waals surface area (Å²) in [4.78, 5) is 0. The van der Waals surface area contributed by atoms with E-state index in [1.165, 1.54) is 18.2 Å². The molecule has 0 unspecified atom stereocenters. The van der Waals surface area contributed by atoms with Crippen LogP contribution in [-0.4, -0.2) is 5.11 Å². The Kier molecular flexibility index (Phi) is 3.49. The van der Waals surface area contributed by atoms with Gasteiger partial charge in [0.25, 0.3) is 0 Å². The normalized spacial score (nSPS) is 10.2. The van der Waals surface area contributed by atoms with Crippen LogP contribution in [0.5, 0.6) is 11.5 Å². The van der Waals surface area contributed by atoms with Gasteiger partial charge in [-0.3, -0.25) is 0 Å². The van der Waals surface area contributed by atoms with E-state index in [4.69, 9.17) is 16.3 Å². The molecule has 17 heavy (non-hydrogen) atoms. The molecule has 2 nitrogen and oxygen atoms in total. The molecule has 0 saturated heterocycles. The lowest BCUT2D eigenvalue weighted by Gasteiger charge is -2.08. The van der Waals surface area contributed by atoms with Crippen LogP contribution in [0.3, 0.4) is 0 Å². The molecule has 1 N–H and O–H groups in total. The molecule has 0 fully saturated rings. The summed E-state index contributed by atoms with van der Waals surface area (Å²) in [6.07, 6.45) is 0. The molecule has 0 amide bonds. The van der Waals surface area contributed by atoms with Crippen molar-refractivity contribution in [3.63, 3.8) is 0 Å². The molecule has 0 atom stereocenters. The topological polar surface area (TPSA) is 29.5 Å². The minimum absolute atomic E-state index is 0.132. The van der Waals surface area contributed by atoms with Gasteiger partial charge in [0.2, 0.25) is 0 Å². The molecule has 0 spiro atoms. The predicted octanol–water partition coefficient (Wildman–Crippen LogP) is 3.76. The van der Waals surface area contributed by atoms with Gasteiger partial charge < -0.3 is 9.84 Å². The third kappa shape index (κ3) is 3.11. The Morgan fingerprint density at radius 2 is 2.00 bits per heavy atom. The molecular weight excluding hydrogens is 243 g/mol. The van der Waals surface area contributed by atoms with Crippen molar-refractivity contribution in [1.29, 1.82) is 0 Å². The Bertz CT molecular complexity index is 529. The van der Waals surface area contributed by atoms with Crippen LogP contribution in [0.4, 0.5) is 4.39 Å². The first-order valence-electron chi connectivity index (χ1n) is 5.01. The fraction of sp³-hybridized carbons (Fsp3) is 0.0769. The molecule has 4 heteroatoms. The average Bonchev–Trinajstić information content (AvgIpc) is 2.28. The van der Waals surface area contributed by atoms with Crippen LogP contribution in [0.25, 0.3) is 0 Å². The van der Waals surface area contributed by atoms with Crippen molar-refractivity contribution in [3.8, 4) is 11.5 Å². The lowest BCUT2D eigenvalue weighted by Crippen LogP contribution is -1.96. The van der Waals surface area contributed by atoms with Crippen LogP contribution in [0, 0.1) is 5.82 Å². The molecule has 0 aliphatic rings. The van der Waals surface area contributed by atoms with E-state index in [1.54, 1.807) is 24.3 Å². The van der Waals surface area contributed by atoms with E-state index >= 15 is 0 Å². The van der Waals surface area contributed by atoms with Gasteiger partial charge in [-0.1, -0.05) is 23.7 Å². The summed E-state index contributed by atoms with van der Waals surface area (Å²) in [6, 6.07) is 10.6. The van der Waals surface area contributed by atoms with Gasteiger partial charge in [-0.2, -0.15) is 0 Å². The first-order chi connectivity index (χ1) is 8.15. The van der Waals surface area contributed by atoms with Gasteiger partial charge in [-0.05, 0) is 24.3 Å². The number of phenols is 1.